The zero-order valence-corrected chi connectivity index (χ0v) is 12.4. The van der Waals surface area contributed by atoms with E-state index in [9.17, 15) is 0 Å². The van der Waals surface area contributed by atoms with Gasteiger partial charge in [0, 0.05) is 37.4 Å². The van der Waals surface area contributed by atoms with Crippen LogP contribution in [0.5, 0.6) is 0 Å². The topological polar surface area (TPSA) is 59.5 Å². The number of hydrogen-bond acceptors (Lipinski definition) is 4. The largest absolute Gasteiger partial charge is 0.356 e. The fourth-order valence-electron chi connectivity index (χ4n) is 2.09. The summed E-state index contributed by atoms with van der Waals surface area (Å²) < 4.78 is 1.89. The first-order valence-corrected chi connectivity index (χ1v) is 6.60. The van der Waals surface area contributed by atoms with Gasteiger partial charge in [0.25, 0.3) is 0 Å². The van der Waals surface area contributed by atoms with Crippen molar-refractivity contribution in [3.63, 3.8) is 0 Å². The van der Waals surface area contributed by atoms with Crippen LogP contribution in [0.15, 0.2) is 18.5 Å². The van der Waals surface area contributed by atoms with Gasteiger partial charge in [0.05, 0.1) is 5.69 Å². The Morgan fingerprint density at radius 2 is 2.11 bits per heavy atom. The predicted octanol–water partition coefficient (Wildman–Crippen LogP) is 1.81. The molecule has 1 unspecified atom stereocenters. The molecule has 0 amide bonds. The maximum absolute atomic E-state index is 5.86. The maximum Gasteiger partial charge on any atom is 0.154 e. The van der Waals surface area contributed by atoms with Gasteiger partial charge in [0.2, 0.25) is 0 Å². The van der Waals surface area contributed by atoms with Crippen molar-refractivity contribution in [1.82, 2.24) is 14.6 Å². The molecule has 2 aromatic rings. The van der Waals surface area contributed by atoms with Crippen LogP contribution in [-0.4, -0.2) is 34.2 Å². The lowest BCUT2D eigenvalue weighted by atomic mass is 9.92. The van der Waals surface area contributed by atoms with E-state index in [2.05, 4.69) is 41.8 Å². The Balaban J connectivity index is 2.48. The van der Waals surface area contributed by atoms with Gasteiger partial charge in [-0.05, 0) is 13.0 Å². The quantitative estimate of drug-likeness (QED) is 0.915. The number of rotatable bonds is 3. The van der Waals surface area contributed by atoms with Gasteiger partial charge < -0.3 is 10.6 Å². The van der Waals surface area contributed by atoms with Gasteiger partial charge >= 0.3 is 0 Å². The van der Waals surface area contributed by atoms with Gasteiger partial charge in [-0.3, -0.25) is 0 Å². The smallest absolute Gasteiger partial charge is 0.154 e. The van der Waals surface area contributed by atoms with Crippen LogP contribution >= 0.6 is 0 Å². The molecule has 0 aliphatic heterocycles. The molecule has 0 spiro atoms. The second kappa shape index (κ2) is 4.81. The van der Waals surface area contributed by atoms with Crippen LogP contribution in [0.25, 0.3) is 5.52 Å². The molecule has 0 aromatic carbocycles. The molecule has 5 nitrogen and oxygen atoms in total. The number of anilines is 1. The lowest BCUT2D eigenvalue weighted by molar-refractivity contribution is 0.562. The number of fused-ring (bicyclic) bond motifs is 1. The molecule has 0 radical (unpaired) electrons. The molecule has 2 rings (SSSR count). The number of hydrogen-bond donors (Lipinski definition) is 1. The van der Waals surface area contributed by atoms with Crippen molar-refractivity contribution in [1.29, 1.82) is 0 Å². The average molecular weight is 261 g/mol. The highest BCUT2D eigenvalue weighted by Crippen LogP contribution is 2.25. The van der Waals surface area contributed by atoms with Gasteiger partial charge in [-0.2, -0.15) is 5.10 Å². The summed E-state index contributed by atoms with van der Waals surface area (Å²) in [4.78, 5) is 6.54. The minimum atomic E-state index is 0.0308. The minimum absolute atomic E-state index is 0.0308. The Morgan fingerprint density at radius 3 is 2.68 bits per heavy atom. The second-order valence-corrected chi connectivity index (χ2v) is 6.22. The van der Waals surface area contributed by atoms with Crippen molar-refractivity contribution in [3.05, 3.63) is 24.2 Å². The minimum Gasteiger partial charge on any atom is -0.356 e. The lowest BCUT2D eigenvalue weighted by Crippen LogP contribution is -2.33. The van der Waals surface area contributed by atoms with E-state index in [1.54, 1.807) is 6.20 Å². The molecule has 0 fully saturated rings. The lowest BCUT2D eigenvalue weighted by Gasteiger charge is -2.20. The Morgan fingerprint density at radius 1 is 1.42 bits per heavy atom. The second-order valence-electron chi connectivity index (χ2n) is 6.22. The third kappa shape index (κ3) is 2.87. The van der Waals surface area contributed by atoms with Gasteiger partial charge in [-0.25, -0.2) is 9.50 Å². The first-order valence-electron chi connectivity index (χ1n) is 6.60. The zero-order chi connectivity index (χ0) is 14.2. The fraction of sp³-hybridized carbons (Fsp3) is 0.571. The molecule has 19 heavy (non-hydrogen) atoms. The SMILES string of the molecule is CC(N)CN(C)c1nccn2nc(C(C)(C)C)cc12. The van der Waals surface area contributed by atoms with E-state index in [1.165, 1.54) is 0 Å². The average Bonchev–Trinajstić information content (AvgIpc) is 2.70. The summed E-state index contributed by atoms with van der Waals surface area (Å²) in [5.74, 6) is 0.919. The summed E-state index contributed by atoms with van der Waals surface area (Å²) >= 11 is 0. The monoisotopic (exact) mass is 261 g/mol. The summed E-state index contributed by atoms with van der Waals surface area (Å²) in [5.41, 5.74) is 7.98. The van der Waals surface area contributed by atoms with E-state index >= 15 is 0 Å². The number of aromatic nitrogens is 3. The van der Waals surface area contributed by atoms with E-state index in [0.717, 1.165) is 23.6 Å². The molecule has 0 saturated carbocycles. The van der Waals surface area contributed by atoms with Gasteiger partial charge in [0.15, 0.2) is 5.82 Å². The molecule has 5 heteroatoms. The van der Waals surface area contributed by atoms with Crippen molar-refractivity contribution >= 4 is 11.3 Å². The van der Waals surface area contributed by atoms with E-state index in [1.807, 2.05) is 24.7 Å². The summed E-state index contributed by atoms with van der Waals surface area (Å²) in [6.45, 7) is 9.24. The van der Waals surface area contributed by atoms with E-state index < -0.39 is 0 Å². The molecule has 2 aromatic heterocycles. The van der Waals surface area contributed by atoms with Crippen LogP contribution in [0.1, 0.15) is 33.4 Å². The van der Waals surface area contributed by atoms with Gasteiger partial charge in [-0.15, -0.1) is 0 Å². The molecule has 104 valence electrons. The van der Waals surface area contributed by atoms with Crippen molar-refractivity contribution in [2.45, 2.75) is 39.2 Å². The fourth-order valence-corrected chi connectivity index (χ4v) is 2.09. The Hall–Kier alpha value is -1.62. The molecule has 0 saturated heterocycles. The van der Waals surface area contributed by atoms with Crippen LogP contribution in [0.2, 0.25) is 0 Å². The Labute approximate surface area is 114 Å². The Bertz CT molecular complexity index is 565. The standard InChI is InChI=1S/C14H23N5/c1-10(15)9-18(5)13-11-8-12(14(2,3)4)17-19(11)7-6-16-13/h6-8,10H,9,15H2,1-5H3. The molecule has 0 bridgehead atoms. The first-order chi connectivity index (χ1) is 8.79. The molecule has 0 aliphatic rings. The van der Waals surface area contributed by atoms with Crippen molar-refractivity contribution in [2.24, 2.45) is 5.73 Å². The van der Waals surface area contributed by atoms with Crippen LogP contribution in [0, 0.1) is 0 Å². The van der Waals surface area contributed by atoms with Crippen molar-refractivity contribution in [2.75, 3.05) is 18.5 Å². The summed E-state index contributed by atoms with van der Waals surface area (Å²) in [5, 5.41) is 4.62. The van der Waals surface area contributed by atoms with Crippen molar-refractivity contribution < 1.29 is 0 Å². The highest BCUT2D eigenvalue weighted by atomic mass is 15.3. The number of nitrogens with two attached hydrogens (primary N) is 1. The molecule has 2 heterocycles. The van der Waals surface area contributed by atoms with Crippen LogP contribution in [0.4, 0.5) is 5.82 Å². The predicted molar refractivity (Wildman–Crippen MR) is 78.6 cm³/mol. The third-order valence-corrected chi connectivity index (χ3v) is 3.06. The molecular formula is C14H23N5. The summed E-state index contributed by atoms with van der Waals surface area (Å²) in [6.07, 6.45) is 3.66. The zero-order valence-electron chi connectivity index (χ0n) is 12.4. The van der Waals surface area contributed by atoms with Gasteiger partial charge in [-0.1, -0.05) is 20.8 Å². The molecular weight excluding hydrogens is 238 g/mol. The highest BCUT2D eigenvalue weighted by molar-refractivity contribution is 5.69. The first kappa shape index (κ1) is 13.8. The highest BCUT2D eigenvalue weighted by Gasteiger charge is 2.20. The summed E-state index contributed by atoms with van der Waals surface area (Å²) in [7, 11) is 2.01. The molecule has 2 N–H and O–H groups in total. The van der Waals surface area contributed by atoms with E-state index in [-0.39, 0.29) is 11.5 Å². The maximum atomic E-state index is 5.86. The number of nitrogens with zero attached hydrogens (tertiary/aromatic N) is 4. The normalized spacial score (nSPS) is 13.8. The molecule has 1 atom stereocenters. The van der Waals surface area contributed by atoms with Crippen LogP contribution in [-0.2, 0) is 5.41 Å². The third-order valence-electron chi connectivity index (χ3n) is 3.06. The number of likely N-dealkylation sites (N-methyl/N-ethyl adjacent to an activating group) is 1. The van der Waals surface area contributed by atoms with E-state index in [0.29, 0.717) is 0 Å². The van der Waals surface area contributed by atoms with Crippen LogP contribution in [0.3, 0.4) is 0 Å². The summed E-state index contributed by atoms with van der Waals surface area (Å²) in [6, 6.07) is 2.22. The van der Waals surface area contributed by atoms with Gasteiger partial charge in [0.1, 0.15) is 5.52 Å². The molecule has 0 aliphatic carbocycles. The Kier molecular flexibility index (Phi) is 3.49. The van der Waals surface area contributed by atoms with E-state index in [4.69, 9.17) is 5.73 Å². The van der Waals surface area contributed by atoms with Crippen molar-refractivity contribution in [3.8, 4) is 0 Å². The van der Waals surface area contributed by atoms with Crippen LogP contribution < -0.4 is 10.6 Å².